The van der Waals surface area contributed by atoms with Crippen LogP contribution in [0.15, 0.2) is 0 Å². The molecule has 0 unspecified atom stereocenters. The van der Waals surface area contributed by atoms with Gasteiger partial charge in [0.05, 0.1) is 0 Å². The molecule has 0 bridgehead atoms. The molecule has 0 saturated carbocycles. The zero-order valence-corrected chi connectivity index (χ0v) is 36.0. The zero-order chi connectivity index (χ0) is 38.0. The Morgan fingerprint density at radius 3 is 1.19 bits per heavy atom. The lowest BCUT2D eigenvalue weighted by Crippen LogP contribution is -2.63. The Labute approximate surface area is 322 Å². The molecule has 4 heterocycles. The van der Waals surface area contributed by atoms with Gasteiger partial charge in [0.25, 0.3) is 0 Å². The van der Waals surface area contributed by atoms with Gasteiger partial charge < -0.3 is 30.7 Å². The van der Waals surface area contributed by atoms with Crippen molar-refractivity contribution in [3.8, 4) is 0 Å². The summed E-state index contributed by atoms with van der Waals surface area (Å²) in [4.78, 5) is 23.4. The Morgan fingerprint density at radius 2 is 0.827 bits per heavy atom. The highest BCUT2D eigenvalue weighted by molar-refractivity contribution is 5.42. The quantitative estimate of drug-likeness (QED) is 0.154. The molecule has 9 nitrogen and oxygen atoms in total. The van der Waals surface area contributed by atoms with Crippen LogP contribution in [0.25, 0.3) is 0 Å². The first-order valence-corrected chi connectivity index (χ1v) is 20.7. The van der Waals surface area contributed by atoms with Crippen LogP contribution in [-0.2, 0) is 0 Å². The van der Waals surface area contributed by atoms with Gasteiger partial charge in [-0.2, -0.15) is 15.0 Å². The summed E-state index contributed by atoms with van der Waals surface area (Å²) in [6.07, 6.45) is 13.9. The van der Waals surface area contributed by atoms with Crippen molar-refractivity contribution < 1.29 is 0 Å². The number of nitrogens with zero attached hydrogens (tertiary/aromatic N) is 6. The van der Waals surface area contributed by atoms with Gasteiger partial charge in [0.15, 0.2) is 0 Å². The third kappa shape index (κ3) is 13.0. The van der Waals surface area contributed by atoms with E-state index in [1.807, 2.05) is 0 Å². The highest BCUT2D eigenvalue weighted by atomic mass is 15.4. The number of unbranched alkanes of at least 4 members (excludes halogenated alkanes) is 4. The zero-order valence-electron chi connectivity index (χ0n) is 36.0. The number of piperidine rings is 3. The second-order valence-electron chi connectivity index (χ2n) is 21.0. The van der Waals surface area contributed by atoms with Crippen LogP contribution in [0, 0.1) is 6.92 Å². The molecule has 0 radical (unpaired) electrons. The molecular weight excluding hydrogens is 643 g/mol. The molecule has 0 spiro atoms. The lowest BCUT2D eigenvalue weighted by Gasteiger charge is -2.50. The Hall–Kier alpha value is -1.55. The second-order valence-corrected chi connectivity index (χ2v) is 21.0. The number of rotatable bonds is 15. The highest BCUT2D eigenvalue weighted by Crippen LogP contribution is 2.36. The van der Waals surface area contributed by atoms with Crippen LogP contribution in [0.1, 0.15) is 180 Å². The minimum atomic E-state index is 0. The van der Waals surface area contributed by atoms with E-state index in [1.165, 1.54) is 38.6 Å². The Kier molecular flexibility index (Phi) is 14.7. The predicted octanol–water partition coefficient (Wildman–Crippen LogP) is 8.65. The average Bonchev–Trinajstić information content (AvgIpc) is 2.91. The minimum absolute atomic E-state index is 0. The number of anilines is 2. The maximum absolute atomic E-state index is 5.42. The van der Waals surface area contributed by atoms with Gasteiger partial charge in [0, 0.05) is 64.4 Å². The molecular formula is C43H85N9. The van der Waals surface area contributed by atoms with E-state index in [-0.39, 0.29) is 40.7 Å². The maximum atomic E-state index is 5.42. The van der Waals surface area contributed by atoms with Crippen molar-refractivity contribution >= 4 is 11.9 Å². The summed E-state index contributed by atoms with van der Waals surface area (Å²) in [5, 5.41) is 11.7. The summed E-state index contributed by atoms with van der Waals surface area (Å²) in [5.74, 6) is 2.57. The van der Waals surface area contributed by atoms with Gasteiger partial charge >= 0.3 is 0 Å². The van der Waals surface area contributed by atoms with Crippen molar-refractivity contribution in [2.24, 2.45) is 0 Å². The molecule has 0 aromatic carbocycles. The first-order valence-electron chi connectivity index (χ1n) is 20.7. The van der Waals surface area contributed by atoms with Gasteiger partial charge in [-0.1, -0.05) is 33.6 Å². The molecule has 1 aromatic heterocycles. The van der Waals surface area contributed by atoms with Crippen LogP contribution < -0.4 is 25.8 Å². The van der Waals surface area contributed by atoms with E-state index < -0.39 is 0 Å². The van der Waals surface area contributed by atoms with Gasteiger partial charge in [0.2, 0.25) is 11.9 Å². The number of aromatic nitrogens is 3. The fraction of sp³-hybridized carbons (Fsp3) is 0.930. The van der Waals surface area contributed by atoms with E-state index in [2.05, 4.69) is 135 Å². The van der Waals surface area contributed by atoms with E-state index in [9.17, 15) is 0 Å². The van der Waals surface area contributed by atoms with E-state index in [4.69, 9.17) is 15.0 Å². The third-order valence-electron chi connectivity index (χ3n) is 11.7. The monoisotopic (exact) mass is 728 g/mol. The molecule has 0 aliphatic carbocycles. The Bertz CT molecular complexity index is 1220. The van der Waals surface area contributed by atoms with Crippen LogP contribution in [0.3, 0.4) is 0 Å². The number of hydrogen-bond acceptors (Lipinski definition) is 9. The van der Waals surface area contributed by atoms with E-state index in [0.29, 0.717) is 18.1 Å². The van der Waals surface area contributed by atoms with Crippen molar-refractivity contribution in [1.29, 1.82) is 0 Å². The Balaban J connectivity index is 0.00000729. The van der Waals surface area contributed by atoms with Crippen molar-refractivity contribution in [2.45, 2.75) is 233 Å². The SMILES string of the molecule is C.CCCCN(c1nc(C)nc(N(CCCCCCN(C)C2CC(C)(C)NC(C)(C)C2)C2CC(C)(C)NC(C)(C)C2)n1)C1CC(C)(C)NC(C)(C)C1. The molecule has 3 aliphatic heterocycles. The topological polar surface area (TPSA) is 84.5 Å². The predicted molar refractivity (Wildman–Crippen MR) is 225 cm³/mol. The molecule has 4 rings (SSSR count). The minimum Gasteiger partial charge on any atom is -0.338 e. The van der Waals surface area contributed by atoms with Gasteiger partial charge in [-0.05, 0) is 161 Å². The number of aryl methyl sites for hydroxylation is 1. The second kappa shape index (κ2) is 17.1. The molecule has 0 atom stereocenters. The summed E-state index contributed by atoms with van der Waals surface area (Å²) >= 11 is 0. The van der Waals surface area contributed by atoms with Gasteiger partial charge in [0.1, 0.15) is 5.82 Å². The lowest BCUT2D eigenvalue weighted by atomic mass is 9.79. The van der Waals surface area contributed by atoms with E-state index in [1.54, 1.807) is 0 Å². The molecule has 3 saturated heterocycles. The molecule has 302 valence electrons. The summed E-state index contributed by atoms with van der Waals surface area (Å²) in [6.45, 7) is 35.7. The molecule has 9 heteroatoms. The van der Waals surface area contributed by atoms with Crippen LogP contribution >= 0.6 is 0 Å². The fourth-order valence-corrected chi connectivity index (χ4v) is 10.7. The summed E-state index contributed by atoms with van der Waals surface area (Å²) < 4.78 is 0. The summed E-state index contributed by atoms with van der Waals surface area (Å²) in [7, 11) is 2.35. The van der Waals surface area contributed by atoms with E-state index >= 15 is 0 Å². The van der Waals surface area contributed by atoms with Crippen LogP contribution in [0.4, 0.5) is 11.9 Å². The smallest absolute Gasteiger partial charge is 0.230 e. The van der Waals surface area contributed by atoms with Crippen molar-refractivity contribution in [2.75, 3.05) is 36.5 Å². The lowest BCUT2D eigenvalue weighted by molar-refractivity contribution is 0.0805. The third-order valence-corrected chi connectivity index (χ3v) is 11.7. The molecule has 52 heavy (non-hydrogen) atoms. The molecule has 3 N–H and O–H groups in total. The molecule has 0 amide bonds. The normalized spacial score (nSPS) is 24.0. The van der Waals surface area contributed by atoms with Gasteiger partial charge in [-0.15, -0.1) is 0 Å². The molecule has 1 aromatic rings. The first kappa shape index (κ1) is 44.8. The average molecular weight is 728 g/mol. The largest absolute Gasteiger partial charge is 0.338 e. The summed E-state index contributed by atoms with van der Waals surface area (Å²) in [5.41, 5.74) is 0.548. The van der Waals surface area contributed by atoms with Crippen LogP contribution in [0.5, 0.6) is 0 Å². The van der Waals surface area contributed by atoms with Crippen molar-refractivity contribution in [3.05, 3.63) is 5.82 Å². The fourth-order valence-electron chi connectivity index (χ4n) is 10.7. The number of hydrogen-bond donors (Lipinski definition) is 3. The van der Waals surface area contributed by atoms with Crippen LogP contribution in [0.2, 0.25) is 0 Å². The van der Waals surface area contributed by atoms with Crippen LogP contribution in [-0.4, -0.2) is 97.9 Å². The van der Waals surface area contributed by atoms with Gasteiger partial charge in [-0.25, -0.2) is 0 Å². The molecule has 3 fully saturated rings. The van der Waals surface area contributed by atoms with Crippen molar-refractivity contribution in [3.63, 3.8) is 0 Å². The standard InChI is InChI=1S/C42H81N9.CH4/c1-16-17-23-50(33-27-39(7,8)47-40(9,10)28-33)35-43-31(2)44-36(45-35)51(34-29-41(11,12)48-42(13,14)30-34)24-21-19-18-20-22-49(15)32-25-37(3,4)46-38(5,6)26-32;/h32-34,46-48H,16-30H2,1-15H3;1H4. The summed E-state index contributed by atoms with van der Waals surface area (Å²) in [6, 6.07) is 1.38. The Morgan fingerprint density at radius 1 is 0.500 bits per heavy atom. The van der Waals surface area contributed by atoms with Gasteiger partial charge in [-0.3, -0.25) is 0 Å². The molecule has 3 aliphatic rings. The maximum Gasteiger partial charge on any atom is 0.230 e. The van der Waals surface area contributed by atoms with Crippen molar-refractivity contribution in [1.82, 2.24) is 35.8 Å². The first-order chi connectivity index (χ1) is 23.4. The number of nitrogens with one attached hydrogen (secondary N) is 3. The van der Waals surface area contributed by atoms with E-state index in [0.717, 1.165) is 75.8 Å². The highest BCUT2D eigenvalue weighted by Gasteiger charge is 2.43.